The van der Waals surface area contributed by atoms with Crippen molar-refractivity contribution in [2.75, 3.05) is 4.72 Å². The van der Waals surface area contributed by atoms with Gasteiger partial charge in [-0.05, 0) is 49.2 Å². The molecule has 2 N–H and O–H groups in total. The van der Waals surface area contributed by atoms with Gasteiger partial charge in [0.05, 0.1) is 16.1 Å². The van der Waals surface area contributed by atoms with E-state index < -0.39 is 10.0 Å². The molecule has 5 nitrogen and oxygen atoms in total. The Labute approximate surface area is 165 Å². The second-order valence-corrected chi connectivity index (χ2v) is 8.26. The summed E-state index contributed by atoms with van der Waals surface area (Å²) in [7, 11) is -3.79. The monoisotopic (exact) mass is 394 g/mol. The molecule has 0 heterocycles. The first-order valence-electron chi connectivity index (χ1n) is 8.88. The van der Waals surface area contributed by atoms with Gasteiger partial charge in [0.1, 0.15) is 0 Å². The van der Waals surface area contributed by atoms with E-state index in [1.807, 2.05) is 38.1 Å². The molecule has 3 rings (SSSR count). The van der Waals surface area contributed by atoms with E-state index in [1.165, 1.54) is 0 Å². The minimum atomic E-state index is -3.79. The van der Waals surface area contributed by atoms with E-state index in [0.29, 0.717) is 6.54 Å². The summed E-state index contributed by atoms with van der Waals surface area (Å²) in [4.78, 5) is 12.8. The van der Waals surface area contributed by atoms with Gasteiger partial charge in [-0.15, -0.1) is 0 Å². The summed E-state index contributed by atoms with van der Waals surface area (Å²) in [5.41, 5.74) is 3.57. The van der Waals surface area contributed by atoms with E-state index >= 15 is 0 Å². The number of sulfonamides is 1. The normalized spacial score (nSPS) is 11.1. The van der Waals surface area contributed by atoms with Gasteiger partial charge < -0.3 is 5.32 Å². The third kappa shape index (κ3) is 4.58. The zero-order valence-electron chi connectivity index (χ0n) is 15.8. The molecule has 6 heteroatoms. The number of hydrogen-bond acceptors (Lipinski definition) is 3. The predicted molar refractivity (Wildman–Crippen MR) is 111 cm³/mol. The molecule has 0 aliphatic rings. The number of para-hydroxylation sites is 1. The van der Waals surface area contributed by atoms with Gasteiger partial charge in [-0.1, -0.05) is 54.1 Å². The second-order valence-electron chi connectivity index (χ2n) is 6.57. The van der Waals surface area contributed by atoms with Crippen LogP contribution in [0.3, 0.4) is 0 Å². The third-order valence-corrected chi connectivity index (χ3v) is 5.83. The lowest BCUT2D eigenvalue weighted by atomic mass is 10.1. The van der Waals surface area contributed by atoms with Crippen LogP contribution >= 0.6 is 0 Å². The quantitative estimate of drug-likeness (QED) is 0.663. The first kappa shape index (κ1) is 19.6. The molecular weight excluding hydrogens is 372 g/mol. The van der Waals surface area contributed by atoms with Crippen molar-refractivity contribution < 1.29 is 13.2 Å². The number of carbonyl (C=O) groups excluding carboxylic acids is 1. The average molecular weight is 394 g/mol. The Morgan fingerprint density at radius 1 is 0.857 bits per heavy atom. The number of carbonyl (C=O) groups is 1. The summed E-state index contributed by atoms with van der Waals surface area (Å²) >= 11 is 0. The fourth-order valence-corrected chi connectivity index (χ4v) is 3.85. The highest BCUT2D eigenvalue weighted by atomic mass is 32.2. The van der Waals surface area contributed by atoms with Gasteiger partial charge in [-0.3, -0.25) is 9.52 Å². The Bertz CT molecular complexity index is 1090. The molecule has 0 aliphatic carbocycles. The van der Waals surface area contributed by atoms with Crippen LogP contribution < -0.4 is 10.0 Å². The molecule has 0 atom stereocenters. The maximum atomic E-state index is 12.7. The van der Waals surface area contributed by atoms with Crippen LogP contribution in [0.15, 0.2) is 77.7 Å². The van der Waals surface area contributed by atoms with E-state index in [1.54, 1.807) is 48.5 Å². The fourth-order valence-electron chi connectivity index (χ4n) is 2.77. The molecule has 1 amide bonds. The Kier molecular flexibility index (Phi) is 5.80. The number of rotatable bonds is 6. The number of anilines is 1. The van der Waals surface area contributed by atoms with Crippen LogP contribution in [0.4, 0.5) is 5.69 Å². The van der Waals surface area contributed by atoms with E-state index in [-0.39, 0.29) is 22.1 Å². The summed E-state index contributed by atoms with van der Waals surface area (Å²) in [6, 6.07) is 20.9. The maximum absolute atomic E-state index is 12.7. The summed E-state index contributed by atoms with van der Waals surface area (Å²) < 4.78 is 27.9. The first-order chi connectivity index (χ1) is 13.4. The Hall–Kier alpha value is -3.12. The van der Waals surface area contributed by atoms with Crippen LogP contribution in [0.2, 0.25) is 0 Å². The van der Waals surface area contributed by atoms with Gasteiger partial charge in [-0.25, -0.2) is 8.42 Å². The van der Waals surface area contributed by atoms with Crippen molar-refractivity contribution in [1.82, 2.24) is 5.32 Å². The lowest BCUT2D eigenvalue weighted by Gasteiger charge is -2.13. The van der Waals surface area contributed by atoms with Crippen LogP contribution in [0, 0.1) is 13.8 Å². The fraction of sp³-hybridized carbons (Fsp3) is 0.136. The lowest BCUT2D eigenvalue weighted by molar-refractivity contribution is 0.0952. The minimum Gasteiger partial charge on any atom is -0.348 e. The largest absolute Gasteiger partial charge is 0.348 e. The van der Waals surface area contributed by atoms with Crippen molar-refractivity contribution in [1.29, 1.82) is 0 Å². The Morgan fingerprint density at radius 2 is 1.50 bits per heavy atom. The number of benzene rings is 3. The highest BCUT2D eigenvalue weighted by molar-refractivity contribution is 7.92. The summed E-state index contributed by atoms with van der Waals surface area (Å²) in [5, 5.41) is 2.86. The van der Waals surface area contributed by atoms with Crippen molar-refractivity contribution >= 4 is 21.6 Å². The lowest BCUT2D eigenvalue weighted by Crippen LogP contribution is -2.25. The van der Waals surface area contributed by atoms with Crippen LogP contribution in [0.5, 0.6) is 0 Å². The molecule has 3 aromatic rings. The topological polar surface area (TPSA) is 75.3 Å². The molecule has 0 aliphatic heterocycles. The number of amides is 1. The molecule has 0 bridgehead atoms. The van der Waals surface area contributed by atoms with Crippen molar-refractivity contribution in [2.45, 2.75) is 25.3 Å². The van der Waals surface area contributed by atoms with E-state index in [0.717, 1.165) is 16.7 Å². The molecule has 3 aromatic carbocycles. The van der Waals surface area contributed by atoms with E-state index in [4.69, 9.17) is 0 Å². The van der Waals surface area contributed by atoms with E-state index in [9.17, 15) is 13.2 Å². The standard InChI is InChI=1S/C22H22N2O3S/c1-16-11-13-19(14-12-16)28(26,27)24-21-10-6-5-9-20(21)22(25)23-15-18-8-4-3-7-17(18)2/h3-14,24H,15H2,1-2H3,(H,23,25). The van der Waals surface area contributed by atoms with Crippen LogP contribution in [0.25, 0.3) is 0 Å². The number of hydrogen-bond donors (Lipinski definition) is 2. The van der Waals surface area contributed by atoms with Crippen molar-refractivity contribution in [2.24, 2.45) is 0 Å². The predicted octanol–water partition coefficient (Wildman–Crippen LogP) is 4.03. The summed E-state index contributed by atoms with van der Waals surface area (Å²) in [6.45, 7) is 4.23. The van der Waals surface area contributed by atoms with Crippen molar-refractivity contribution in [3.8, 4) is 0 Å². The van der Waals surface area contributed by atoms with Crippen LogP contribution in [-0.2, 0) is 16.6 Å². The van der Waals surface area contributed by atoms with Crippen LogP contribution in [0.1, 0.15) is 27.0 Å². The van der Waals surface area contributed by atoms with Gasteiger partial charge in [-0.2, -0.15) is 0 Å². The summed E-state index contributed by atoms with van der Waals surface area (Å²) in [6.07, 6.45) is 0. The minimum absolute atomic E-state index is 0.147. The highest BCUT2D eigenvalue weighted by Gasteiger charge is 2.18. The Balaban J connectivity index is 1.80. The smallest absolute Gasteiger partial charge is 0.261 e. The molecule has 144 valence electrons. The summed E-state index contributed by atoms with van der Waals surface area (Å²) in [5.74, 6) is -0.342. The van der Waals surface area contributed by atoms with Crippen molar-refractivity contribution in [3.63, 3.8) is 0 Å². The van der Waals surface area contributed by atoms with Gasteiger partial charge in [0.15, 0.2) is 0 Å². The first-order valence-corrected chi connectivity index (χ1v) is 10.4. The van der Waals surface area contributed by atoms with Gasteiger partial charge in [0.25, 0.3) is 15.9 Å². The second kappa shape index (κ2) is 8.27. The number of nitrogens with one attached hydrogen (secondary N) is 2. The molecule has 0 aromatic heterocycles. The van der Waals surface area contributed by atoms with Gasteiger partial charge in [0.2, 0.25) is 0 Å². The molecule has 0 saturated heterocycles. The molecule has 0 radical (unpaired) electrons. The van der Waals surface area contributed by atoms with Gasteiger partial charge >= 0.3 is 0 Å². The third-order valence-electron chi connectivity index (χ3n) is 4.45. The molecule has 28 heavy (non-hydrogen) atoms. The van der Waals surface area contributed by atoms with Crippen molar-refractivity contribution in [3.05, 3.63) is 95.1 Å². The number of aryl methyl sites for hydroxylation is 2. The molecule has 0 fully saturated rings. The molecule has 0 unspecified atom stereocenters. The highest BCUT2D eigenvalue weighted by Crippen LogP contribution is 2.21. The van der Waals surface area contributed by atoms with Gasteiger partial charge in [0, 0.05) is 6.54 Å². The SMILES string of the molecule is Cc1ccc(S(=O)(=O)Nc2ccccc2C(=O)NCc2ccccc2C)cc1. The Morgan fingerprint density at radius 3 is 2.21 bits per heavy atom. The molecule has 0 spiro atoms. The maximum Gasteiger partial charge on any atom is 0.261 e. The zero-order valence-corrected chi connectivity index (χ0v) is 16.6. The van der Waals surface area contributed by atoms with E-state index in [2.05, 4.69) is 10.0 Å². The van der Waals surface area contributed by atoms with Crippen LogP contribution in [-0.4, -0.2) is 14.3 Å². The molecular formula is C22H22N2O3S. The average Bonchev–Trinajstić information content (AvgIpc) is 2.67. The zero-order chi connectivity index (χ0) is 20.1. The molecule has 0 saturated carbocycles.